The third kappa shape index (κ3) is 12.8. The van der Waals surface area contributed by atoms with Gasteiger partial charge in [0.25, 0.3) is 0 Å². The van der Waals surface area contributed by atoms with Crippen LogP contribution in [0.2, 0.25) is 0 Å². The molecule has 3 aliphatic heterocycles. The van der Waals surface area contributed by atoms with Crippen molar-refractivity contribution in [3.63, 3.8) is 0 Å². The van der Waals surface area contributed by atoms with Crippen LogP contribution in [-0.2, 0) is 33.2 Å². The molecule has 4 rings (SSSR count). The van der Waals surface area contributed by atoms with Crippen molar-refractivity contribution in [1.82, 2.24) is 15.5 Å². The van der Waals surface area contributed by atoms with E-state index in [-0.39, 0.29) is 38.1 Å². The number of nitrogens with zero attached hydrogens (tertiary/aromatic N) is 1. The topological polar surface area (TPSA) is 230 Å². The van der Waals surface area contributed by atoms with Crippen LogP contribution in [0, 0.1) is 24.7 Å². The second-order valence-corrected chi connectivity index (χ2v) is 20.1. The van der Waals surface area contributed by atoms with Gasteiger partial charge in [-0.1, -0.05) is 39.8 Å². The number of aliphatic hydroxyl groups is 5. The molecule has 3 saturated heterocycles. The fourth-order valence-corrected chi connectivity index (χ4v) is 10.2. The van der Waals surface area contributed by atoms with Gasteiger partial charge < -0.3 is 74.8 Å². The summed E-state index contributed by atoms with van der Waals surface area (Å²) >= 11 is 0. The SMILES string of the molecule is CCCNC[C@]1(O)[C@H](C)O[C@@H](O[C@H]2[C@H](C)[C@@H](O[C@@H]3O[C@H](C)C[C@H](N(C)C(=O)Nc4cccc(C)c4)[C@H]3O)[C@](C)(O)C[C@@H](C)CN[C@H](C)[C@@H](O)[C@](C)(O)[C@@H](CC)OC(=O)[C@@H]2C)C[C@@]1(C)OC. The number of urea groups is 1. The molecule has 0 spiro atoms. The van der Waals surface area contributed by atoms with Gasteiger partial charge in [-0.2, -0.15) is 0 Å². The molecule has 1 aromatic carbocycles. The van der Waals surface area contributed by atoms with Crippen LogP contribution in [0.4, 0.5) is 10.5 Å². The van der Waals surface area contributed by atoms with Gasteiger partial charge in [0.1, 0.15) is 35.1 Å². The Hall–Kier alpha value is -2.52. The number of aliphatic hydroxyl groups excluding tert-OH is 2. The van der Waals surface area contributed by atoms with Gasteiger partial charge in [0, 0.05) is 44.8 Å². The summed E-state index contributed by atoms with van der Waals surface area (Å²) in [7, 11) is 3.12. The van der Waals surface area contributed by atoms with Crippen LogP contribution >= 0.6 is 0 Å². The number of carbonyl (C=O) groups is 2. The molecule has 3 aliphatic rings. The van der Waals surface area contributed by atoms with E-state index in [2.05, 4.69) is 16.0 Å². The summed E-state index contributed by atoms with van der Waals surface area (Å²) in [5, 5.41) is 69.7. The van der Waals surface area contributed by atoms with Crippen molar-refractivity contribution in [2.24, 2.45) is 17.8 Å². The standard InChI is InChI=1S/C48H84N4O13/c1-15-20-49-26-48(59)33(9)62-37(24-46(48,11)60-14)64-39-30(6)41(65-43-38(53)35(22-29(5)61-43)52(13)44(56)51-34-19-17-18-27(3)21-34)45(10,57)23-28(4)25-50-32(8)40(54)47(12,58)36(16-2)63-42(55)31(39)7/h17-19,21,28-33,35-41,43,49-50,53-54,57-59H,15-16,20,22-26H2,1-14H3,(H,51,56)/t28-,29-,30+,31-,32-,33+,35+,36-,37+,38-,39+,40-,41-,43+,45-,46-,47-,48+/m1/s1. The molecule has 0 radical (unpaired) electrons. The van der Waals surface area contributed by atoms with Crippen LogP contribution in [0.1, 0.15) is 114 Å². The number of hydrogen-bond donors (Lipinski definition) is 8. The molecule has 18 atom stereocenters. The van der Waals surface area contributed by atoms with Gasteiger partial charge >= 0.3 is 12.0 Å². The number of esters is 1. The number of methoxy groups -OCH3 is 1. The fourth-order valence-electron chi connectivity index (χ4n) is 10.2. The maximum atomic E-state index is 14.5. The second kappa shape index (κ2) is 22.7. The van der Waals surface area contributed by atoms with Crippen LogP contribution in [-0.4, -0.2) is 166 Å². The molecule has 0 unspecified atom stereocenters. The van der Waals surface area contributed by atoms with Crippen LogP contribution in [0.5, 0.6) is 0 Å². The normalized spacial score (nSPS) is 42.6. The summed E-state index contributed by atoms with van der Waals surface area (Å²) < 4.78 is 38.6. The fraction of sp³-hybridized carbons (Fsp3) is 0.833. The molecule has 0 bridgehead atoms. The van der Waals surface area contributed by atoms with Gasteiger partial charge in [-0.05, 0) is 118 Å². The number of nitrogens with one attached hydrogen (secondary N) is 3. The van der Waals surface area contributed by atoms with E-state index in [1.54, 1.807) is 61.6 Å². The van der Waals surface area contributed by atoms with Crippen molar-refractivity contribution in [3.8, 4) is 0 Å². The van der Waals surface area contributed by atoms with Crippen molar-refractivity contribution in [2.45, 2.75) is 205 Å². The molecule has 8 N–H and O–H groups in total. The predicted molar refractivity (Wildman–Crippen MR) is 246 cm³/mol. The number of amides is 2. The molecule has 1 aromatic rings. The number of hydrogen-bond acceptors (Lipinski definition) is 15. The Kier molecular flexibility index (Phi) is 19.3. The van der Waals surface area contributed by atoms with E-state index in [1.165, 1.54) is 18.9 Å². The summed E-state index contributed by atoms with van der Waals surface area (Å²) in [5.41, 5.74) is -4.64. The Labute approximate surface area is 387 Å². The van der Waals surface area contributed by atoms with E-state index in [0.29, 0.717) is 18.8 Å². The molecular weight excluding hydrogens is 841 g/mol. The molecule has 2 amide bonds. The van der Waals surface area contributed by atoms with Crippen molar-refractivity contribution in [3.05, 3.63) is 29.8 Å². The zero-order valence-electron chi connectivity index (χ0n) is 41.5. The van der Waals surface area contributed by atoms with Gasteiger partial charge in [0.2, 0.25) is 0 Å². The van der Waals surface area contributed by atoms with E-state index in [0.717, 1.165) is 12.0 Å². The van der Waals surface area contributed by atoms with E-state index < -0.39 is 114 Å². The first-order chi connectivity index (χ1) is 30.3. The molecule has 65 heavy (non-hydrogen) atoms. The van der Waals surface area contributed by atoms with Gasteiger partial charge in [-0.25, -0.2) is 4.79 Å². The maximum absolute atomic E-state index is 14.5. The number of carbonyl (C=O) groups excluding carboxylic acids is 2. The molecule has 0 aliphatic carbocycles. The first-order valence-electron chi connectivity index (χ1n) is 23.7. The van der Waals surface area contributed by atoms with Gasteiger partial charge in [-0.3, -0.25) is 4.79 Å². The first-order valence-corrected chi connectivity index (χ1v) is 23.7. The van der Waals surface area contributed by atoms with Crippen molar-refractivity contribution in [1.29, 1.82) is 0 Å². The Balaban J connectivity index is 1.79. The highest BCUT2D eigenvalue weighted by Gasteiger charge is 2.58. The summed E-state index contributed by atoms with van der Waals surface area (Å²) in [6.07, 6.45) is -8.38. The zero-order chi connectivity index (χ0) is 48.8. The largest absolute Gasteiger partial charge is 0.459 e. The molecule has 17 nitrogen and oxygen atoms in total. The summed E-state index contributed by atoms with van der Waals surface area (Å²) in [6, 6.07) is 5.55. The third-order valence-corrected chi connectivity index (χ3v) is 14.4. The molecule has 0 aromatic heterocycles. The van der Waals surface area contributed by atoms with E-state index in [9.17, 15) is 35.1 Å². The highest BCUT2D eigenvalue weighted by atomic mass is 16.7. The lowest BCUT2D eigenvalue weighted by Gasteiger charge is -2.53. The molecule has 17 heteroatoms. The highest BCUT2D eigenvalue weighted by molar-refractivity contribution is 5.89. The Morgan fingerprint density at radius 2 is 1.68 bits per heavy atom. The molecule has 0 saturated carbocycles. The highest BCUT2D eigenvalue weighted by Crippen LogP contribution is 2.43. The van der Waals surface area contributed by atoms with Crippen LogP contribution in [0.3, 0.4) is 0 Å². The van der Waals surface area contributed by atoms with E-state index in [1.807, 2.05) is 45.9 Å². The number of ether oxygens (including phenoxy) is 6. The summed E-state index contributed by atoms with van der Waals surface area (Å²) in [4.78, 5) is 29.5. The Morgan fingerprint density at radius 1 is 1.00 bits per heavy atom. The molecule has 374 valence electrons. The second-order valence-electron chi connectivity index (χ2n) is 20.1. The quantitative estimate of drug-likeness (QED) is 0.110. The number of anilines is 1. The average molecular weight is 925 g/mol. The van der Waals surface area contributed by atoms with Gasteiger partial charge in [-0.15, -0.1) is 0 Å². The van der Waals surface area contributed by atoms with Crippen molar-refractivity contribution in [2.75, 3.05) is 39.1 Å². The third-order valence-electron chi connectivity index (χ3n) is 14.4. The molecule has 3 heterocycles. The van der Waals surface area contributed by atoms with Crippen molar-refractivity contribution < 1.29 is 63.5 Å². The Bertz CT molecular complexity index is 1690. The Morgan fingerprint density at radius 3 is 2.29 bits per heavy atom. The van der Waals surface area contributed by atoms with Gasteiger partial charge in [0.15, 0.2) is 12.6 Å². The number of likely N-dealkylation sites (N-methyl/N-ethyl adjacent to an activating group) is 1. The zero-order valence-corrected chi connectivity index (χ0v) is 41.5. The number of rotatable bonds is 12. The van der Waals surface area contributed by atoms with Crippen LogP contribution < -0.4 is 16.0 Å². The average Bonchev–Trinajstić information content (AvgIpc) is 3.24. The predicted octanol–water partition coefficient (Wildman–Crippen LogP) is 3.84. The minimum Gasteiger partial charge on any atom is -0.459 e. The summed E-state index contributed by atoms with van der Waals surface area (Å²) in [6.45, 7) is 22.4. The minimum atomic E-state index is -1.86. The van der Waals surface area contributed by atoms with E-state index >= 15 is 0 Å². The molecule has 3 fully saturated rings. The first kappa shape index (κ1) is 55.1. The lowest BCUT2D eigenvalue weighted by Crippen LogP contribution is -2.70. The van der Waals surface area contributed by atoms with Crippen molar-refractivity contribution >= 4 is 17.7 Å². The molecular formula is C48H84N4O13. The van der Waals surface area contributed by atoms with Gasteiger partial charge in [0.05, 0.1) is 42.0 Å². The number of cyclic esters (lactones) is 1. The summed E-state index contributed by atoms with van der Waals surface area (Å²) in [5.74, 6) is -2.97. The van der Waals surface area contributed by atoms with E-state index in [4.69, 9.17) is 28.4 Å². The lowest BCUT2D eigenvalue weighted by molar-refractivity contribution is -0.336. The smallest absolute Gasteiger partial charge is 0.321 e. The monoisotopic (exact) mass is 925 g/mol. The lowest BCUT2D eigenvalue weighted by atomic mass is 9.75. The van der Waals surface area contributed by atoms with Crippen LogP contribution in [0.15, 0.2) is 24.3 Å². The minimum absolute atomic E-state index is 0.0464. The van der Waals surface area contributed by atoms with Crippen LogP contribution in [0.25, 0.3) is 0 Å². The number of aryl methyl sites for hydroxylation is 1. The maximum Gasteiger partial charge on any atom is 0.321 e. The number of benzene rings is 1.